The van der Waals surface area contributed by atoms with Crippen molar-refractivity contribution in [3.8, 4) is 5.69 Å². The maximum Gasteiger partial charge on any atom is 0.341 e. The minimum Gasteiger partial charge on any atom is -0.462 e. The minimum absolute atomic E-state index is 0. The van der Waals surface area contributed by atoms with Gasteiger partial charge in [-0.1, -0.05) is 12.5 Å². The molecule has 0 aliphatic carbocycles. The molecule has 1 aliphatic heterocycles. The van der Waals surface area contributed by atoms with Crippen molar-refractivity contribution in [2.45, 2.75) is 39.2 Å². The predicted octanol–water partition coefficient (Wildman–Crippen LogP) is 2.86. The molecule has 1 atom stereocenters. The number of benzene rings is 1. The molecular weight excluding hydrogens is 368 g/mol. The van der Waals surface area contributed by atoms with Gasteiger partial charge in [0.05, 0.1) is 30.2 Å². The maximum absolute atomic E-state index is 12.4. The number of nitrogens with zero attached hydrogens (tertiary/aromatic N) is 2. The molecule has 27 heavy (non-hydrogen) atoms. The number of esters is 1. The van der Waals surface area contributed by atoms with Crippen molar-refractivity contribution in [1.29, 1.82) is 0 Å². The number of carbonyl (C=O) groups excluding carboxylic acids is 2. The quantitative estimate of drug-likeness (QED) is 0.764. The molecule has 8 heteroatoms. The van der Waals surface area contributed by atoms with Crippen LogP contribution in [0.25, 0.3) is 5.69 Å². The molecule has 2 aromatic rings. The molecule has 0 bridgehead atoms. The Morgan fingerprint density at radius 3 is 2.89 bits per heavy atom. The second-order valence-electron chi connectivity index (χ2n) is 6.32. The number of halogens is 1. The Morgan fingerprint density at radius 2 is 2.19 bits per heavy atom. The van der Waals surface area contributed by atoms with Crippen LogP contribution < -0.4 is 10.6 Å². The number of aromatic nitrogens is 2. The third-order valence-corrected chi connectivity index (χ3v) is 4.49. The van der Waals surface area contributed by atoms with E-state index in [1.807, 2.05) is 31.2 Å². The molecule has 2 N–H and O–H groups in total. The topological polar surface area (TPSA) is 85.2 Å². The van der Waals surface area contributed by atoms with Crippen molar-refractivity contribution in [2.24, 2.45) is 0 Å². The van der Waals surface area contributed by atoms with Crippen molar-refractivity contribution in [1.82, 2.24) is 15.1 Å². The first kappa shape index (κ1) is 20.9. The van der Waals surface area contributed by atoms with Crippen LogP contribution in [-0.2, 0) is 9.53 Å². The van der Waals surface area contributed by atoms with Gasteiger partial charge in [-0.25, -0.2) is 9.48 Å². The van der Waals surface area contributed by atoms with Crippen LogP contribution in [0.15, 0.2) is 30.5 Å². The highest BCUT2D eigenvalue weighted by atomic mass is 35.5. The van der Waals surface area contributed by atoms with Crippen LogP contribution in [0.3, 0.4) is 0 Å². The van der Waals surface area contributed by atoms with E-state index in [0.29, 0.717) is 23.6 Å². The van der Waals surface area contributed by atoms with Gasteiger partial charge in [0.1, 0.15) is 5.56 Å². The number of piperidine rings is 1. The molecule has 1 aromatic heterocycles. The van der Waals surface area contributed by atoms with E-state index in [2.05, 4.69) is 15.7 Å². The third-order valence-electron chi connectivity index (χ3n) is 4.49. The van der Waals surface area contributed by atoms with Crippen molar-refractivity contribution in [2.75, 3.05) is 18.5 Å². The van der Waals surface area contributed by atoms with E-state index in [-0.39, 0.29) is 30.3 Å². The number of ether oxygens (including phenoxy) is 1. The van der Waals surface area contributed by atoms with E-state index in [1.165, 1.54) is 6.20 Å². The molecule has 1 fully saturated rings. The summed E-state index contributed by atoms with van der Waals surface area (Å²) >= 11 is 0. The van der Waals surface area contributed by atoms with Crippen molar-refractivity contribution < 1.29 is 14.3 Å². The average Bonchev–Trinajstić information content (AvgIpc) is 3.04. The lowest BCUT2D eigenvalue weighted by molar-refractivity contribution is -0.118. The van der Waals surface area contributed by atoms with E-state index in [1.54, 1.807) is 11.6 Å². The summed E-state index contributed by atoms with van der Waals surface area (Å²) in [6.07, 6.45) is 4.53. The summed E-state index contributed by atoms with van der Waals surface area (Å²) in [5, 5.41) is 10.5. The molecule has 1 aliphatic rings. The number of amides is 1. The highest BCUT2D eigenvalue weighted by Crippen LogP contribution is 2.19. The van der Waals surface area contributed by atoms with Gasteiger partial charge in [-0.3, -0.25) is 4.79 Å². The van der Waals surface area contributed by atoms with Gasteiger partial charge in [0.2, 0.25) is 5.91 Å². The second kappa shape index (κ2) is 9.53. The van der Waals surface area contributed by atoms with Crippen LogP contribution in [0.4, 0.5) is 5.69 Å². The molecule has 0 radical (unpaired) electrons. The SMILES string of the molecule is CCOC(=O)c1cnn(-c2cccc(NC(=O)C3CCCCN3)c2)c1C.Cl. The second-order valence-corrected chi connectivity index (χ2v) is 6.32. The van der Waals surface area contributed by atoms with Crippen molar-refractivity contribution in [3.63, 3.8) is 0 Å². The summed E-state index contributed by atoms with van der Waals surface area (Å²) in [5.74, 6) is -0.407. The Balaban J connectivity index is 0.00000261. The first-order valence-corrected chi connectivity index (χ1v) is 8.96. The van der Waals surface area contributed by atoms with Gasteiger partial charge in [-0.2, -0.15) is 5.10 Å². The Kier molecular flexibility index (Phi) is 7.38. The van der Waals surface area contributed by atoms with E-state index in [9.17, 15) is 9.59 Å². The van der Waals surface area contributed by atoms with E-state index in [4.69, 9.17) is 4.74 Å². The van der Waals surface area contributed by atoms with Gasteiger partial charge in [0.15, 0.2) is 0 Å². The number of hydrogen-bond acceptors (Lipinski definition) is 5. The summed E-state index contributed by atoms with van der Waals surface area (Å²) < 4.78 is 6.71. The first-order valence-electron chi connectivity index (χ1n) is 8.96. The Morgan fingerprint density at radius 1 is 1.37 bits per heavy atom. The Bertz CT molecular complexity index is 800. The lowest BCUT2D eigenvalue weighted by Crippen LogP contribution is -2.43. The van der Waals surface area contributed by atoms with Gasteiger partial charge in [-0.05, 0) is 51.4 Å². The lowest BCUT2D eigenvalue weighted by atomic mass is 10.0. The highest BCUT2D eigenvalue weighted by molar-refractivity contribution is 5.95. The standard InChI is InChI=1S/C19H24N4O3.ClH/c1-3-26-19(25)16-12-21-23(13(16)2)15-8-6-7-14(11-15)22-18(24)17-9-4-5-10-20-17;/h6-8,11-12,17,20H,3-5,9-10H2,1-2H3,(H,22,24);1H. The lowest BCUT2D eigenvalue weighted by Gasteiger charge is -2.22. The monoisotopic (exact) mass is 392 g/mol. The van der Waals surface area contributed by atoms with Gasteiger partial charge in [0, 0.05) is 5.69 Å². The smallest absolute Gasteiger partial charge is 0.341 e. The third kappa shape index (κ3) is 4.87. The summed E-state index contributed by atoms with van der Waals surface area (Å²) in [6.45, 7) is 4.78. The Labute approximate surface area is 164 Å². The van der Waals surface area contributed by atoms with Crippen LogP contribution in [0.1, 0.15) is 42.2 Å². The largest absolute Gasteiger partial charge is 0.462 e. The number of anilines is 1. The van der Waals surface area contributed by atoms with Gasteiger partial charge >= 0.3 is 5.97 Å². The Hall–Kier alpha value is -2.38. The van der Waals surface area contributed by atoms with Gasteiger partial charge < -0.3 is 15.4 Å². The fourth-order valence-electron chi connectivity index (χ4n) is 3.10. The normalized spacial score (nSPS) is 16.3. The zero-order valence-corrected chi connectivity index (χ0v) is 16.3. The van der Waals surface area contributed by atoms with Crippen LogP contribution in [0.2, 0.25) is 0 Å². The minimum atomic E-state index is -0.385. The van der Waals surface area contributed by atoms with Crippen LogP contribution in [0, 0.1) is 6.92 Å². The molecule has 3 rings (SSSR count). The molecule has 1 aromatic carbocycles. The average molecular weight is 393 g/mol. The molecule has 1 amide bonds. The number of rotatable bonds is 5. The zero-order valence-electron chi connectivity index (χ0n) is 15.5. The fourth-order valence-corrected chi connectivity index (χ4v) is 3.10. The van der Waals surface area contributed by atoms with E-state index >= 15 is 0 Å². The van der Waals surface area contributed by atoms with Crippen LogP contribution >= 0.6 is 12.4 Å². The molecule has 0 saturated carbocycles. The zero-order chi connectivity index (χ0) is 18.5. The molecule has 0 spiro atoms. The summed E-state index contributed by atoms with van der Waals surface area (Å²) in [6, 6.07) is 7.27. The fraction of sp³-hybridized carbons (Fsp3) is 0.421. The molecule has 2 heterocycles. The van der Waals surface area contributed by atoms with Gasteiger partial charge in [0.25, 0.3) is 0 Å². The number of nitrogens with one attached hydrogen (secondary N) is 2. The molecule has 7 nitrogen and oxygen atoms in total. The van der Waals surface area contributed by atoms with Crippen molar-refractivity contribution in [3.05, 3.63) is 41.7 Å². The summed E-state index contributed by atoms with van der Waals surface area (Å²) in [5.41, 5.74) is 2.61. The van der Waals surface area contributed by atoms with Crippen LogP contribution in [-0.4, -0.2) is 40.9 Å². The molecule has 1 saturated heterocycles. The van der Waals surface area contributed by atoms with E-state index in [0.717, 1.165) is 31.5 Å². The number of carbonyl (C=O) groups is 2. The highest BCUT2D eigenvalue weighted by Gasteiger charge is 2.21. The predicted molar refractivity (Wildman–Crippen MR) is 106 cm³/mol. The van der Waals surface area contributed by atoms with Crippen LogP contribution in [0.5, 0.6) is 0 Å². The van der Waals surface area contributed by atoms with E-state index < -0.39 is 0 Å². The summed E-state index contributed by atoms with van der Waals surface area (Å²) in [7, 11) is 0. The number of hydrogen-bond donors (Lipinski definition) is 2. The van der Waals surface area contributed by atoms with Gasteiger partial charge in [-0.15, -0.1) is 12.4 Å². The molecule has 1 unspecified atom stereocenters. The summed E-state index contributed by atoms with van der Waals surface area (Å²) in [4.78, 5) is 24.3. The van der Waals surface area contributed by atoms with Crippen molar-refractivity contribution >= 4 is 30.0 Å². The molecular formula is C19H25ClN4O3. The first-order chi connectivity index (χ1) is 12.6. The maximum atomic E-state index is 12.4. The molecule has 146 valence electrons.